The summed E-state index contributed by atoms with van der Waals surface area (Å²) in [5.74, 6) is 0. The van der Waals surface area contributed by atoms with Crippen molar-refractivity contribution in [1.29, 1.82) is 0 Å². The van der Waals surface area contributed by atoms with Gasteiger partial charge in [-0.15, -0.1) is 0 Å². The maximum absolute atomic E-state index is 2.29. The van der Waals surface area contributed by atoms with Crippen LogP contribution in [0.2, 0.25) is 0 Å². The van der Waals surface area contributed by atoms with Crippen molar-refractivity contribution < 1.29 is 0 Å². The second-order valence-electron chi connectivity index (χ2n) is 5.11. The van der Waals surface area contributed by atoms with Crippen LogP contribution in [0.3, 0.4) is 0 Å². The van der Waals surface area contributed by atoms with E-state index in [1.165, 1.54) is 56.3 Å². The number of thioether (sulfide) groups is 1. The summed E-state index contributed by atoms with van der Waals surface area (Å²) in [5.41, 5.74) is 1.75. The van der Waals surface area contributed by atoms with E-state index < -0.39 is 0 Å². The van der Waals surface area contributed by atoms with Crippen molar-refractivity contribution in [2.75, 3.05) is 0 Å². The van der Waals surface area contributed by atoms with E-state index in [4.69, 9.17) is 0 Å². The molecule has 98 valence electrons. The fourth-order valence-electron chi connectivity index (χ4n) is 2.53. The van der Waals surface area contributed by atoms with E-state index in [0.29, 0.717) is 0 Å². The Bertz CT molecular complexity index is 370. The van der Waals surface area contributed by atoms with Gasteiger partial charge in [-0.2, -0.15) is 0 Å². The second-order valence-corrected chi connectivity index (χ2v) is 6.27. The predicted molar refractivity (Wildman–Crippen MR) is 81.9 cm³/mol. The van der Waals surface area contributed by atoms with E-state index in [1.54, 1.807) is 10.5 Å². The Labute approximate surface area is 116 Å². The monoisotopic (exact) mass is 260 g/mol. The van der Waals surface area contributed by atoms with Crippen molar-refractivity contribution in [1.82, 2.24) is 0 Å². The third-order valence-electron chi connectivity index (χ3n) is 3.59. The molecule has 1 aliphatic rings. The van der Waals surface area contributed by atoms with Gasteiger partial charge in [-0.25, -0.2) is 0 Å². The molecule has 1 aromatic rings. The van der Waals surface area contributed by atoms with Crippen LogP contribution in [0.4, 0.5) is 0 Å². The summed E-state index contributed by atoms with van der Waals surface area (Å²) >= 11 is 2.01. The fourth-order valence-corrected chi connectivity index (χ4v) is 3.70. The van der Waals surface area contributed by atoms with Crippen molar-refractivity contribution in [3.05, 3.63) is 40.8 Å². The molecular formula is C17H24S. The summed E-state index contributed by atoms with van der Waals surface area (Å²) in [4.78, 5) is 3.07. The van der Waals surface area contributed by atoms with Gasteiger partial charge in [-0.05, 0) is 55.6 Å². The summed E-state index contributed by atoms with van der Waals surface area (Å²) in [6.07, 6.45) is 10.8. The molecule has 0 unspecified atom stereocenters. The molecule has 1 fully saturated rings. The topological polar surface area (TPSA) is 0 Å². The van der Waals surface area contributed by atoms with Gasteiger partial charge in [0.15, 0.2) is 0 Å². The molecule has 0 bridgehead atoms. The molecule has 0 radical (unpaired) electrons. The molecule has 1 aromatic carbocycles. The lowest BCUT2D eigenvalue weighted by atomic mass is 9.94. The van der Waals surface area contributed by atoms with Crippen LogP contribution in [0.1, 0.15) is 58.3 Å². The summed E-state index contributed by atoms with van der Waals surface area (Å²) < 4.78 is 0. The zero-order chi connectivity index (χ0) is 12.6. The lowest BCUT2D eigenvalue weighted by Gasteiger charge is -2.19. The Morgan fingerprint density at radius 2 is 1.78 bits per heavy atom. The average molecular weight is 260 g/mol. The van der Waals surface area contributed by atoms with Crippen molar-refractivity contribution in [2.45, 2.75) is 63.2 Å². The van der Waals surface area contributed by atoms with Crippen molar-refractivity contribution in [3.63, 3.8) is 0 Å². The van der Waals surface area contributed by atoms with Crippen LogP contribution in [0, 0.1) is 0 Å². The van der Waals surface area contributed by atoms with Crippen LogP contribution < -0.4 is 0 Å². The molecule has 2 rings (SSSR count). The largest absolute Gasteiger partial charge is 0.0946 e. The Morgan fingerprint density at radius 3 is 2.44 bits per heavy atom. The predicted octanol–water partition coefficient (Wildman–Crippen LogP) is 6.19. The quantitative estimate of drug-likeness (QED) is 0.569. The number of rotatable bonds is 5. The molecule has 0 aliphatic heterocycles. The number of benzene rings is 1. The highest BCUT2D eigenvalue weighted by Gasteiger charge is 2.12. The maximum Gasteiger partial charge on any atom is 0.0119 e. The highest BCUT2D eigenvalue weighted by molar-refractivity contribution is 8.03. The Balaban J connectivity index is 2.09. The molecule has 1 heteroatoms. The third-order valence-corrected chi connectivity index (χ3v) is 4.84. The minimum absolute atomic E-state index is 1.28. The molecule has 0 saturated heterocycles. The summed E-state index contributed by atoms with van der Waals surface area (Å²) in [6.45, 7) is 2.29. The lowest BCUT2D eigenvalue weighted by Crippen LogP contribution is -1.97. The highest BCUT2D eigenvalue weighted by Crippen LogP contribution is 2.37. The van der Waals surface area contributed by atoms with Gasteiger partial charge >= 0.3 is 0 Å². The van der Waals surface area contributed by atoms with Gasteiger partial charge in [-0.1, -0.05) is 55.3 Å². The first-order chi connectivity index (χ1) is 8.90. The van der Waals surface area contributed by atoms with Crippen molar-refractivity contribution in [3.8, 4) is 0 Å². The summed E-state index contributed by atoms with van der Waals surface area (Å²) in [5, 5.41) is 0. The van der Waals surface area contributed by atoms with Gasteiger partial charge in [0.2, 0.25) is 0 Å². The number of hydrogen-bond donors (Lipinski definition) is 0. The molecule has 0 aromatic heterocycles. The van der Waals surface area contributed by atoms with Gasteiger partial charge in [-0.3, -0.25) is 0 Å². The summed E-state index contributed by atoms with van der Waals surface area (Å²) in [6, 6.07) is 10.9. The van der Waals surface area contributed by atoms with Gasteiger partial charge < -0.3 is 0 Å². The van der Waals surface area contributed by atoms with Gasteiger partial charge in [0.1, 0.15) is 0 Å². The Morgan fingerprint density at radius 1 is 1.06 bits per heavy atom. The number of unbranched alkanes of at least 4 members (excludes halogenated alkanes) is 1. The Kier molecular flexibility index (Phi) is 5.86. The van der Waals surface area contributed by atoms with Gasteiger partial charge in [0.25, 0.3) is 0 Å². The van der Waals surface area contributed by atoms with E-state index in [0.717, 1.165) is 0 Å². The second kappa shape index (κ2) is 7.68. The molecule has 0 nitrogen and oxygen atoms in total. The molecule has 18 heavy (non-hydrogen) atoms. The van der Waals surface area contributed by atoms with Crippen LogP contribution >= 0.6 is 11.8 Å². The molecular weight excluding hydrogens is 236 g/mol. The van der Waals surface area contributed by atoms with Gasteiger partial charge in [0, 0.05) is 4.90 Å². The number of hydrogen-bond acceptors (Lipinski definition) is 1. The fraction of sp³-hybridized carbons (Fsp3) is 0.529. The van der Waals surface area contributed by atoms with Gasteiger partial charge in [0.05, 0.1) is 0 Å². The van der Waals surface area contributed by atoms with Crippen molar-refractivity contribution >= 4 is 11.8 Å². The summed E-state index contributed by atoms with van der Waals surface area (Å²) in [7, 11) is 0. The standard InChI is InChI=1S/C17H24S/c1-2-3-14-17(15-10-6-4-7-11-15)18-16-12-8-5-9-13-16/h5,8-9,12-13H,2-4,6-7,10-11,14H2,1H3. The number of allylic oxidation sites excluding steroid dienone is 2. The first kappa shape index (κ1) is 13.7. The minimum atomic E-state index is 1.28. The van der Waals surface area contributed by atoms with Crippen LogP contribution in [-0.4, -0.2) is 0 Å². The SMILES string of the molecule is CCCCC(Sc1ccccc1)=C1CCCCC1. The minimum Gasteiger partial charge on any atom is -0.0946 e. The zero-order valence-electron chi connectivity index (χ0n) is 11.5. The Hall–Kier alpha value is -0.690. The molecule has 0 atom stereocenters. The van der Waals surface area contributed by atoms with E-state index in [1.807, 2.05) is 11.8 Å². The van der Waals surface area contributed by atoms with Crippen molar-refractivity contribution in [2.24, 2.45) is 0 Å². The third kappa shape index (κ3) is 4.20. The van der Waals surface area contributed by atoms with Crippen LogP contribution in [-0.2, 0) is 0 Å². The highest BCUT2D eigenvalue weighted by atomic mass is 32.2. The van der Waals surface area contributed by atoms with E-state index >= 15 is 0 Å². The zero-order valence-corrected chi connectivity index (χ0v) is 12.3. The first-order valence-corrected chi connectivity index (χ1v) is 8.15. The maximum atomic E-state index is 2.29. The van der Waals surface area contributed by atoms with Crippen LogP contribution in [0.5, 0.6) is 0 Å². The smallest absolute Gasteiger partial charge is 0.0119 e. The van der Waals surface area contributed by atoms with Crippen LogP contribution in [0.15, 0.2) is 45.7 Å². The average Bonchev–Trinajstić information content (AvgIpc) is 2.45. The lowest BCUT2D eigenvalue weighted by molar-refractivity contribution is 0.593. The molecule has 1 saturated carbocycles. The molecule has 0 amide bonds. The molecule has 0 N–H and O–H groups in total. The molecule has 0 heterocycles. The molecule has 1 aliphatic carbocycles. The van der Waals surface area contributed by atoms with Crippen LogP contribution in [0.25, 0.3) is 0 Å². The van der Waals surface area contributed by atoms with E-state index in [9.17, 15) is 0 Å². The first-order valence-electron chi connectivity index (χ1n) is 7.34. The van der Waals surface area contributed by atoms with E-state index in [2.05, 4.69) is 37.3 Å². The van der Waals surface area contributed by atoms with E-state index in [-0.39, 0.29) is 0 Å². The molecule has 0 spiro atoms. The normalized spacial score (nSPS) is 15.7.